The fraction of sp³-hybridized carbons (Fsp3) is 0.350. The van der Waals surface area contributed by atoms with Gasteiger partial charge in [0.1, 0.15) is 0 Å². The smallest absolute Gasteiger partial charge is 0.307 e. The molecule has 2 aromatic carbocycles. The number of aliphatic carboxylic acids is 1. The van der Waals surface area contributed by atoms with Crippen molar-refractivity contribution in [3.63, 3.8) is 0 Å². The molecule has 0 aromatic heterocycles. The highest BCUT2D eigenvalue weighted by atomic mass is 16.5. The zero-order valence-electron chi connectivity index (χ0n) is 15.7. The van der Waals surface area contributed by atoms with Gasteiger partial charge in [-0.15, -0.1) is 0 Å². The molecule has 0 saturated carbocycles. The number of methoxy groups -OCH3 is 4. The molecule has 0 unspecified atom stereocenters. The molecule has 6 heteroatoms. The van der Waals surface area contributed by atoms with Crippen molar-refractivity contribution in [2.24, 2.45) is 0 Å². The SMILES string of the molecule is COc1c(C)c(Cc2ccc(CC(=O)O)cc2)c(OC)c(OC)c1OC. The first-order valence-corrected chi connectivity index (χ1v) is 8.11. The molecule has 0 aliphatic heterocycles. The number of rotatable bonds is 8. The molecule has 0 heterocycles. The Morgan fingerprint density at radius 1 is 0.808 bits per heavy atom. The second kappa shape index (κ2) is 8.47. The maximum atomic E-state index is 10.8. The number of hydrogen-bond acceptors (Lipinski definition) is 5. The monoisotopic (exact) mass is 360 g/mol. The minimum Gasteiger partial charge on any atom is -0.492 e. The van der Waals surface area contributed by atoms with E-state index in [0.29, 0.717) is 29.4 Å². The van der Waals surface area contributed by atoms with Gasteiger partial charge >= 0.3 is 5.97 Å². The minimum absolute atomic E-state index is 0.00676. The molecule has 6 nitrogen and oxygen atoms in total. The van der Waals surface area contributed by atoms with Crippen LogP contribution < -0.4 is 18.9 Å². The summed E-state index contributed by atoms with van der Waals surface area (Å²) in [7, 11) is 6.28. The van der Waals surface area contributed by atoms with Crippen molar-refractivity contribution < 1.29 is 28.8 Å². The second-order valence-corrected chi connectivity index (χ2v) is 5.80. The molecule has 0 bridgehead atoms. The number of carbonyl (C=O) groups is 1. The van der Waals surface area contributed by atoms with Crippen LogP contribution in [0.2, 0.25) is 0 Å². The van der Waals surface area contributed by atoms with Crippen LogP contribution in [0.15, 0.2) is 24.3 Å². The van der Waals surface area contributed by atoms with E-state index in [2.05, 4.69) is 0 Å². The molecule has 0 fully saturated rings. The highest BCUT2D eigenvalue weighted by molar-refractivity contribution is 5.70. The van der Waals surface area contributed by atoms with E-state index < -0.39 is 5.97 Å². The lowest BCUT2D eigenvalue weighted by Crippen LogP contribution is -2.05. The third-order valence-electron chi connectivity index (χ3n) is 4.26. The first kappa shape index (κ1) is 19.4. The average Bonchev–Trinajstić information content (AvgIpc) is 2.63. The largest absolute Gasteiger partial charge is 0.492 e. The Kier molecular flexibility index (Phi) is 6.33. The molecule has 0 aliphatic rings. The van der Waals surface area contributed by atoms with Gasteiger partial charge in [0.2, 0.25) is 11.5 Å². The van der Waals surface area contributed by atoms with E-state index in [-0.39, 0.29) is 6.42 Å². The molecule has 0 radical (unpaired) electrons. The molecule has 2 aromatic rings. The van der Waals surface area contributed by atoms with Crippen LogP contribution in [0.5, 0.6) is 23.0 Å². The Morgan fingerprint density at radius 3 is 1.73 bits per heavy atom. The molecular weight excluding hydrogens is 336 g/mol. The Morgan fingerprint density at radius 2 is 1.27 bits per heavy atom. The summed E-state index contributed by atoms with van der Waals surface area (Å²) in [6, 6.07) is 7.48. The predicted octanol–water partition coefficient (Wildman–Crippen LogP) is 3.25. The summed E-state index contributed by atoms with van der Waals surface area (Å²) < 4.78 is 22.1. The van der Waals surface area contributed by atoms with Gasteiger partial charge in [-0.05, 0) is 18.1 Å². The first-order valence-electron chi connectivity index (χ1n) is 8.11. The van der Waals surface area contributed by atoms with Crippen molar-refractivity contribution in [3.8, 4) is 23.0 Å². The third-order valence-corrected chi connectivity index (χ3v) is 4.26. The molecular formula is C20H24O6. The van der Waals surface area contributed by atoms with E-state index in [9.17, 15) is 4.79 Å². The first-order chi connectivity index (χ1) is 12.5. The normalized spacial score (nSPS) is 10.3. The van der Waals surface area contributed by atoms with Crippen molar-refractivity contribution in [1.29, 1.82) is 0 Å². The van der Waals surface area contributed by atoms with E-state index in [4.69, 9.17) is 24.1 Å². The summed E-state index contributed by atoms with van der Waals surface area (Å²) in [6.07, 6.45) is 0.589. The van der Waals surface area contributed by atoms with Crippen LogP contribution in [0.3, 0.4) is 0 Å². The predicted molar refractivity (Wildman–Crippen MR) is 98.0 cm³/mol. The van der Waals surface area contributed by atoms with Crippen LogP contribution in [0.4, 0.5) is 0 Å². The van der Waals surface area contributed by atoms with Gasteiger partial charge in [0, 0.05) is 17.5 Å². The Bertz CT molecular complexity index is 780. The third kappa shape index (κ3) is 3.85. The molecule has 0 saturated heterocycles. The van der Waals surface area contributed by atoms with Crippen molar-refractivity contribution in [2.45, 2.75) is 19.8 Å². The molecule has 0 amide bonds. The molecule has 1 N–H and O–H groups in total. The lowest BCUT2D eigenvalue weighted by atomic mass is 9.96. The van der Waals surface area contributed by atoms with Crippen LogP contribution in [-0.2, 0) is 17.6 Å². The van der Waals surface area contributed by atoms with E-state index in [0.717, 1.165) is 22.3 Å². The molecule has 0 atom stereocenters. The molecule has 0 aliphatic carbocycles. The van der Waals surface area contributed by atoms with Crippen molar-refractivity contribution in [2.75, 3.05) is 28.4 Å². The number of carboxylic acid groups (broad SMARTS) is 1. The van der Waals surface area contributed by atoms with Crippen LogP contribution in [0, 0.1) is 6.92 Å². The fourth-order valence-corrected chi connectivity index (χ4v) is 3.02. The van der Waals surface area contributed by atoms with Crippen LogP contribution >= 0.6 is 0 Å². The van der Waals surface area contributed by atoms with Gasteiger partial charge in [-0.2, -0.15) is 0 Å². The number of hydrogen-bond donors (Lipinski definition) is 1. The summed E-state index contributed by atoms with van der Waals surface area (Å²) in [5.41, 5.74) is 3.61. The quantitative estimate of drug-likeness (QED) is 0.779. The Hall–Kier alpha value is -2.89. The van der Waals surface area contributed by atoms with Gasteiger partial charge in [0.25, 0.3) is 0 Å². The summed E-state index contributed by atoms with van der Waals surface area (Å²) in [6.45, 7) is 1.94. The van der Waals surface area contributed by atoms with E-state index in [1.807, 2.05) is 31.2 Å². The summed E-state index contributed by atoms with van der Waals surface area (Å²) in [4.78, 5) is 10.8. The van der Waals surface area contributed by atoms with Crippen molar-refractivity contribution in [3.05, 3.63) is 46.5 Å². The van der Waals surface area contributed by atoms with Crippen molar-refractivity contribution >= 4 is 5.97 Å². The molecule has 140 valence electrons. The lowest BCUT2D eigenvalue weighted by Gasteiger charge is -2.21. The van der Waals surface area contributed by atoms with Crippen LogP contribution in [0.1, 0.15) is 22.3 Å². The number of benzene rings is 2. The van der Waals surface area contributed by atoms with E-state index in [1.165, 1.54) is 0 Å². The van der Waals surface area contributed by atoms with E-state index in [1.54, 1.807) is 28.4 Å². The maximum absolute atomic E-state index is 10.8. The summed E-state index contributed by atoms with van der Waals surface area (Å²) in [5, 5.41) is 8.88. The Labute approximate surface area is 153 Å². The van der Waals surface area contributed by atoms with Gasteiger partial charge in [-0.1, -0.05) is 24.3 Å². The van der Waals surface area contributed by atoms with E-state index >= 15 is 0 Å². The number of ether oxygens (including phenoxy) is 4. The maximum Gasteiger partial charge on any atom is 0.307 e. The average molecular weight is 360 g/mol. The van der Waals surface area contributed by atoms with Crippen LogP contribution in [0.25, 0.3) is 0 Å². The van der Waals surface area contributed by atoms with Gasteiger partial charge in [0.05, 0.1) is 34.9 Å². The zero-order valence-corrected chi connectivity index (χ0v) is 15.7. The highest BCUT2D eigenvalue weighted by Gasteiger charge is 2.25. The van der Waals surface area contributed by atoms with Crippen molar-refractivity contribution in [1.82, 2.24) is 0 Å². The second-order valence-electron chi connectivity index (χ2n) is 5.80. The van der Waals surface area contributed by atoms with Gasteiger partial charge in [-0.25, -0.2) is 0 Å². The number of carboxylic acids is 1. The topological polar surface area (TPSA) is 74.2 Å². The fourth-order valence-electron chi connectivity index (χ4n) is 3.02. The molecule has 26 heavy (non-hydrogen) atoms. The standard InChI is InChI=1S/C20H24O6/c1-12-15(10-13-6-8-14(9-7-13)11-16(21)22)18(24-3)20(26-5)19(25-4)17(12)23-2/h6-9H,10-11H2,1-5H3,(H,21,22). The van der Waals surface area contributed by atoms with Gasteiger partial charge in [0.15, 0.2) is 11.5 Å². The molecule has 2 rings (SSSR count). The van der Waals surface area contributed by atoms with Crippen LogP contribution in [-0.4, -0.2) is 39.5 Å². The summed E-state index contributed by atoms with van der Waals surface area (Å²) in [5.74, 6) is 1.32. The lowest BCUT2D eigenvalue weighted by molar-refractivity contribution is -0.136. The molecule has 0 spiro atoms. The highest BCUT2D eigenvalue weighted by Crippen LogP contribution is 2.49. The Balaban J connectivity index is 2.49. The van der Waals surface area contributed by atoms with Gasteiger partial charge < -0.3 is 24.1 Å². The minimum atomic E-state index is -0.847. The summed E-state index contributed by atoms with van der Waals surface area (Å²) >= 11 is 0. The zero-order chi connectivity index (χ0) is 19.3. The van der Waals surface area contributed by atoms with Gasteiger partial charge in [-0.3, -0.25) is 4.79 Å².